The number of hydrogen-bond acceptors (Lipinski definition) is 2. The summed E-state index contributed by atoms with van der Waals surface area (Å²) in [4.78, 5) is 4.89. The van der Waals surface area contributed by atoms with E-state index in [0.717, 1.165) is 33.3 Å². The summed E-state index contributed by atoms with van der Waals surface area (Å²) in [5, 5.41) is 3.48. The number of rotatable bonds is 2. The average molecular weight is 285 g/mol. The zero-order chi connectivity index (χ0) is 14.9. The molecule has 0 fully saturated rings. The fourth-order valence-electron chi connectivity index (χ4n) is 2.88. The highest BCUT2D eigenvalue weighted by atomic mass is 16.5. The predicted molar refractivity (Wildman–Crippen MR) is 91.2 cm³/mol. The molecule has 1 heterocycles. The second kappa shape index (κ2) is 5.15. The number of benzene rings is 3. The second-order valence-electron chi connectivity index (χ2n) is 5.26. The third-order valence-corrected chi connectivity index (χ3v) is 3.96. The lowest BCUT2D eigenvalue weighted by Gasteiger charge is -2.11. The maximum atomic E-state index is 5.36. The van der Waals surface area contributed by atoms with Gasteiger partial charge in [0.2, 0.25) is 0 Å². The molecule has 0 saturated carbocycles. The van der Waals surface area contributed by atoms with E-state index in [2.05, 4.69) is 42.5 Å². The molecule has 0 aliphatic carbocycles. The molecule has 22 heavy (non-hydrogen) atoms. The Morgan fingerprint density at radius 2 is 1.45 bits per heavy atom. The third kappa shape index (κ3) is 2.01. The van der Waals surface area contributed by atoms with Gasteiger partial charge in [-0.15, -0.1) is 0 Å². The summed E-state index contributed by atoms with van der Waals surface area (Å²) in [7, 11) is 1.69. The molecule has 4 rings (SSSR count). The van der Waals surface area contributed by atoms with Crippen LogP contribution in [0, 0.1) is 0 Å². The molecule has 0 amide bonds. The first kappa shape index (κ1) is 12.8. The van der Waals surface area contributed by atoms with E-state index in [4.69, 9.17) is 9.72 Å². The van der Waals surface area contributed by atoms with Crippen LogP contribution < -0.4 is 4.74 Å². The molecule has 1 aromatic heterocycles. The van der Waals surface area contributed by atoms with Crippen molar-refractivity contribution in [3.05, 3.63) is 72.8 Å². The Hall–Kier alpha value is -2.87. The molecule has 0 unspecified atom stereocenters. The van der Waals surface area contributed by atoms with Gasteiger partial charge in [0, 0.05) is 16.3 Å². The minimum atomic E-state index is 0.854. The first-order chi connectivity index (χ1) is 10.9. The van der Waals surface area contributed by atoms with Gasteiger partial charge in [-0.3, -0.25) is 0 Å². The van der Waals surface area contributed by atoms with Crippen molar-refractivity contribution in [1.29, 1.82) is 0 Å². The Bertz CT molecular complexity index is 961. The van der Waals surface area contributed by atoms with Crippen molar-refractivity contribution in [3.63, 3.8) is 0 Å². The van der Waals surface area contributed by atoms with E-state index in [0.29, 0.717) is 0 Å². The highest BCUT2D eigenvalue weighted by molar-refractivity contribution is 6.11. The molecule has 2 nitrogen and oxygen atoms in total. The van der Waals surface area contributed by atoms with Gasteiger partial charge in [0.1, 0.15) is 5.75 Å². The molecule has 0 atom stereocenters. The quantitative estimate of drug-likeness (QED) is 0.480. The molecule has 106 valence electrons. The SMILES string of the molecule is COc1ccc2nc(-c3ccccc3)c3ccccc3c2c1. The van der Waals surface area contributed by atoms with Gasteiger partial charge in [0.15, 0.2) is 0 Å². The van der Waals surface area contributed by atoms with Crippen LogP contribution in [0.1, 0.15) is 0 Å². The number of aromatic nitrogens is 1. The first-order valence-electron chi connectivity index (χ1n) is 7.29. The zero-order valence-electron chi connectivity index (χ0n) is 12.3. The van der Waals surface area contributed by atoms with Gasteiger partial charge < -0.3 is 4.74 Å². The van der Waals surface area contributed by atoms with Crippen molar-refractivity contribution in [2.75, 3.05) is 7.11 Å². The fourth-order valence-corrected chi connectivity index (χ4v) is 2.88. The van der Waals surface area contributed by atoms with E-state index in [1.165, 1.54) is 5.39 Å². The van der Waals surface area contributed by atoms with Gasteiger partial charge in [-0.1, -0.05) is 54.6 Å². The number of ether oxygens (including phenoxy) is 1. The van der Waals surface area contributed by atoms with Crippen LogP contribution in [-0.4, -0.2) is 12.1 Å². The van der Waals surface area contributed by atoms with Crippen LogP contribution in [0.2, 0.25) is 0 Å². The molecule has 0 radical (unpaired) electrons. The average Bonchev–Trinajstić information content (AvgIpc) is 2.61. The topological polar surface area (TPSA) is 22.1 Å². The molecule has 4 aromatic rings. The molecule has 0 aliphatic rings. The van der Waals surface area contributed by atoms with E-state index in [-0.39, 0.29) is 0 Å². The standard InChI is InChI=1S/C20H15NO/c1-22-15-11-12-19-18(13-15)16-9-5-6-10-17(16)20(21-19)14-7-3-2-4-8-14/h2-13H,1H3. The zero-order valence-corrected chi connectivity index (χ0v) is 12.3. The fraction of sp³-hybridized carbons (Fsp3) is 0.0500. The maximum Gasteiger partial charge on any atom is 0.119 e. The Morgan fingerprint density at radius 3 is 2.23 bits per heavy atom. The Balaban J connectivity index is 2.13. The lowest BCUT2D eigenvalue weighted by Crippen LogP contribution is -1.90. The summed E-state index contributed by atoms with van der Waals surface area (Å²) < 4.78 is 5.36. The van der Waals surface area contributed by atoms with Crippen molar-refractivity contribution in [2.45, 2.75) is 0 Å². The van der Waals surface area contributed by atoms with Crippen molar-refractivity contribution in [2.24, 2.45) is 0 Å². The summed E-state index contributed by atoms with van der Waals surface area (Å²) >= 11 is 0. The van der Waals surface area contributed by atoms with E-state index in [1.54, 1.807) is 7.11 Å². The normalized spacial score (nSPS) is 11.0. The van der Waals surface area contributed by atoms with Crippen molar-refractivity contribution >= 4 is 21.7 Å². The monoisotopic (exact) mass is 285 g/mol. The Kier molecular flexibility index (Phi) is 3.01. The van der Waals surface area contributed by atoms with E-state index in [1.807, 2.05) is 30.3 Å². The van der Waals surface area contributed by atoms with Crippen LogP contribution >= 0.6 is 0 Å². The van der Waals surface area contributed by atoms with Gasteiger partial charge in [0.05, 0.1) is 18.3 Å². The third-order valence-electron chi connectivity index (χ3n) is 3.96. The number of fused-ring (bicyclic) bond motifs is 3. The van der Waals surface area contributed by atoms with E-state index in [9.17, 15) is 0 Å². The highest BCUT2D eigenvalue weighted by Gasteiger charge is 2.10. The van der Waals surface area contributed by atoms with E-state index < -0.39 is 0 Å². The molecule has 0 N–H and O–H groups in total. The van der Waals surface area contributed by atoms with Gasteiger partial charge in [-0.25, -0.2) is 4.98 Å². The second-order valence-corrected chi connectivity index (χ2v) is 5.26. The number of methoxy groups -OCH3 is 1. The minimum absolute atomic E-state index is 0.854. The van der Waals surface area contributed by atoms with Crippen molar-refractivity contribution < 1.29 is 4.74 Å². The molecule has 3 aromatic carbocycles. The van der Waals surface area contributed by atoms with Crippen LogP contribution in [0.15, 0.2) is 72.8 Å². The number of pyridine rings is 1. The van der Waals surface area contributed by atoms with E-state index >= 15 is 0 Å². The molecule has 0 spiro atoms. The molecule has 0 aliphatic heterocycles. The smallest absolute Gasteiger partial charge is 0.119 e. The summed E-state index contributed by atoms with van der Waals surface area (Å²) in [6, 6.07) is 24.7. The number of hydrogen-bond donors (Lipinski definition) is 0. The van der Waals surface area contributed by atoms with Crippen molar-refractivity contribution in [3.8, 4) is 17.0 Å². The Labute approximate surface area is 129 Å². The predicted octanol–water partition coefficient (Wildman–Crippen LogP) is 5.06. The van der Waals surface area contributed by atoms with Gasteiger partial charge >= 0.3 is 0 Å². The van der Waals surface area contributed by atoms with Crippen molar-refractivity contribution in [1.82, 2.24) is 4.98 Å². The minimum Gasteiger partial charge on any atom is -0.497 e. The first-order valence-corrected chi connectivity index (χ1v) is 7.29. The van der Waals surface area contributed by atoms with Crippen LogP contribution in [0.5, 0.6) is 5.75 Å². The molecular weight excluding hydrogens is 270 g/mol. The number of nitrogens with zero attached hydrogens (tertiary/aromatic N) is 1. The molecule has 0 saturated heterocycles. The van der Waals surface area contributed by atoms with Crippen LogP contribution in [0.25, 0.3) is 32.9 Å². The lowest BCUT2D eigenvalue weighted by atomic mass is 10.00. The summed E-state index contributed by atoms with van der Waals surface area (Å²) in [5.74, 6) is 0.854. The molecular formula is C20H15NO. The largest absolute Gasteiger partial charge is 0.497 e. The molecule has 2 heteroatoms. The van der Waals surface area contributed by atoms with Gasteiger partial charge in [-0.2, -0.15) is 0 Å². The summed E-state index contributed by atoms with van der Waals surface area (Å²) in [5.41, 5.74) is 3.14. The van der Waals surface area contributed by atoms with Gasteiger partial charge in [0.25, 0.3) is 0 Å². The van der Waals surface area contributed by atoms with Crippen LogP contribution in [-0.2, 0) is 0 Å². The molecule has 0 bridgehead atoms. The maximum absolute atomic E-state index is 5.36. The summed E-state index contributed by atoms with van der Waals surface area (Å²) in [6.07, 6.45) is 0. The van der Waals surface area contributed by atoms with Gasteiger partial charge in [-0.05, 0) is 23.6 Å². The lowest BCUT2D eigenvalue weighted by molar-refractivity contribution is 0.415. The Morgan fingerprint density at radius 1 is 0.727 bits per heavy atom. The highest BCUT2D eigenvalue weighted by Crippen LogP contribution is 2.33. The van der Waals surface area contributed by atoms with Crippen LogP contribution in [0.4, 0.5) is 0 Å². The summed E-state index contributed by atoms with van der Waals surface area (Å²) in [6.45, 7) is 0. The van der Waals surface area contributed by atoms with Crippen LogP contribution in [0.3, 0.4) is 0 Å².